The Kier molecular flexibility index (Phi) is 4.97. The number of carbonyl (C=O) groups is 2. The highest BCUT2D eigenvalue weighted by Crippen LogP contribution is 2.25. The van der Waals surface area contributed by atoms with Crippen molar-refractivity contribution in [3.63, 3.8) is 0 Å². The molecule has 0 bridgehead atoms. The SMILES string of the molecule is COc1ccc(-c2cncc(C(=O)N3CCCC3CC(=O)O)c2)cc1. The average Bonchev–Trinajstić information content (AvgIpc) is 3.08. The summed E-state index contributed by atoms with van der Waals surface area (Å²) in [6.45, 7) is 0.587. The summed E-state index contributed by atoms with van der Waals surface area (Å²) in [7, 11) is 1.61. The Balaban J connectivity index is 1.82. The number of carboxylic acid groups (broad SMARTS) is 1. The van der Waals surface area contributed by atoms with Gasteiger partial charge in [0.2, 0.25) is 0 Å². The summed E-state index contributed by atoms with van der Waals surface area (Å²) in [6, 6.07) is 9.09. The van der Waals surface area contributed by atoms with Crippen molar-refractivity contribution in [1.82, 2.24) is 9.88 Å². The fourth-order valence-corrected chi connectivity index (χ4v) is 3.18. The fourth-order valence-electron chi connectivity index (χ4n) is 3.18. The number of hydrogen-bond acceptors (Lipinski definition) is 4. The van der Waals surface area contributed by atoms with Crippen molar-refractivity contribution >= 4 is 11.9 Å². The first kappa shape index (κ1) is 17.0. The maximum Gasteiger partial charge on any atom is 0.305 e. The van der Waals surface area contributed by atoms with Crippen molar-refractivity contribution in [2.75, 3.05) is 13.7 Å². The van der Waals surface area contributed by atoms with Gasteiger partial charge in [0.05, 0.1) is 19.1 Å². The summed E-state index contributed by atoms with van der Waals surface area (Å²) in [6.07, 6.45) is 4.78. The predicted octanol–water partition coefficient (Wildman–Crippen LogP) is 2.84. The van der Waals surface area contributed by atoms with Gasteiger partial charge in [-0.1, -0.05) is 12.1 Å². The second-order valence-corrected chi connectivity index (χ2v) is 6.08. The van der Waals surface area contributed by atoms with Crippen LogP contribution in [0.3, 0.4) is 0 Å². The maximum absolute atomic E-state index is 12.8. The Morgan fingerprint density at radius 1 is 1.24 bits per heavy atom. The third-order valence-electron chi connectivity index (χ3n) is 4.46. The molecule has 130 valence electrons. The molecule has 1 aliphatic heterocycles. The summed E-state index contributed by atoms with van der Waals surface area (Å²) in [5.74, 6) is -0.279. The van der Waals surface area contributed by atoms with Crippen LogP contribution in [0.1, 0.15) is 29.6 Å². The molecule has 1 fully saturated rings. The Hall–Kier alpha value is -2.89. The van der Waals surface area contributed by atoms with Gasteiger partial charge in [0.25, 0.3) is 5.91 Å². The smallest absolute Gasteiger partial charge is 0.305 e. The number of carboxylic acids is 1. The molecule has 0 aliphatic carbocycles. The lowest BCUT2D eigenvalue weighted by atomic mass is 10.0. The molecule has 0 saturated carbocycles. The molecule has 0 spiro atoms. The summed E-state index contributed by atoms with van der Waals surface area (Å²) in [4.78, 5) is 29.6. The van der Waals surface area contributed by atoms with Crippen LogP contribution >= 0.6 is 0 Å². The first-order valence-corrected chi connectivity index (χ1v) is 8.20. The zero-order valence-corrected chi connectivity index (χ0v) is 14.0. The topological polar surface area (TPSA) is 79.7 Å². The molecule has 1 amide bonds. The number of benzene rings is 1. The van der Waals surface area contributed by atoms with Gasteiger partial charge in [0.15, 0.2) is 0 Å². The summed E-state index contributed by atoms with van der Waals surface area (Å²) in [5, 5.41) is 9.02. The van der Waals surface area contributed by atoms with Crippen molar-refractivity contribution in [2.24, 2.45) is 0 Å². The number of nitrogens with zero attached hydrogens (tertiary/aromatic N) is 2. The first-order chi connectivity index (χ1) is 12.1. The van der Waals surface area contributed by atoms with E-state index < -0.39 is 5.97 Å². The highest BCUT2D eigenvalue weighted by atomic mass is 16.5. The molecule has 25 heavy (non-hydrogen) atoms. The van der Waals surface area contributed by atoms with Crippen LogP contribution in [0.2, 0.25) is 0 Å². The maximum atomic E-state index is 12.8. The lowest BCUT2D eigenvalue weighted by Gasteiger charge is -2.23. The minimum absolute atomic E-state index is 0.0165. The number of aliphatic carboxylic acids is 1. The third kappa shape index (κ3) is 3.79. The normalized spacial score (nSPS) is 16.7. The molecule has 1 unspecified atom stereocenters. The lowest BCUT2D eigenvalue weighted by molar-refractivity contribution is -0.137. The Morgan fingerprint density at radius 2 is 2.00 bits per heavy atom. The van der Waals surface area contributed by atoms with Crippen LogP contribution in [0.4, 0.5) is 0 Å². The van der Waals surface area contributed by atoms with E-state index in [1.807, 2.05) is 24.3 Å². The largest absolute Gasteiger partial charge is 0.497 e. The summed E-state index contributed by atoms with van der Waals surface area (Å²) >= 11 is 0. The van der Waals surface area contributed by atoms with Gasteiger partial charge in [-0.05, 0) is 36.6 Å². The number of pyridine rings is 1. The van der Waals surface area contributed by atoms with E-state index in [0.717, 1.165) is 29.7 Å². The van der Waals surface area contributed by atoms with Crippen molar-refractivity contribution in [3.8, 4) is 16.9 Å². The first-order valence-electron chi connectivity index (χ1n) is 8.20. The molecule has 1 aliphatic rings. The van der Waals surface area contributed by atoms with Crippen LogP contribution in [0.5, 0.6) is 5.75 Å². The van der Waals surface area contributed by atoms with E-state index in [9.17, 15) is 9.59 Å². The molecule has 2 aromatic rings. The minimum atomic E-state index is -0.880. The number of likely N-dealkylation sites (tertiary alicyclic amines) is 1. The van der Waals surface area contributed by atoms with Crippen LogP contribution in [0.15, 0.2) is 42.7 Å². The summed E-state index contributed by atoms with van der Waals surface area (Å²) in [5.41, 5.74) is 2.25. The quantitative estimate of drug-likeness (QED) is 0.905. The number of amides is 1. The highest BCUT2D eigenvalue weighted by Gasteiger charge is 2.31. The van der Waals surface area contributed by atoms with Crippen LogP contribution in [0.25, 0.3) is 11.1 Å². The monoisotopic (exact) mass is 340 g/mol. The van der Waals surface area contributed by atoms with Gasteiger partial charge in [-0.15, -0.1) is 0 Å². The van der Waals surface area contributed by atoms with E-state index in [2.05, 4.69) is 4.98 Å². The molecule has 0 radical (unpaired) electrons. The van der Waals surface area contributed by atoms with E-state index in [0.29, 0.717) is 12.1 Å². The number of ether oxygens (including phenoxy) is 1. The molecule has 1 aromatic carbocycles. The molecule has 1 saturated heterocycles. The second kappa shape index (κ2) is 7.34. The molecular weight excluding hydrogens is 320 g/mol. The van der Waals surface area contributed by atoms with Gasteiger partial charge < -0.3 is 14.7 Å². The average molecular weight is 340 g/mol. The third-order valence-corrected chi connectivity index (χ3v) is 4.46. The van der Waals surface area contributed by atoms with Gasteiger partial charge in [0.1, 0.15) is 5.75 Å². The molecular formula is C19H20N2O4. The van der Waals surface area contributed by atoms with Crippen molar-refractivity contribution in [3.05, 3.63) is 48.3 Å². The Labute approximate surface area is 146 Å². The zero-order valence-electron chi connectivity index (χ0n) is 14.0. The fraction of sp³-hybridized carbons (Fsp3) is 0.316. The van der Waals surface area contributed by atoms with Crippen LogP contribution in [-0.2, 0) is 4.79 Å². The van der Waals surface area contributed by atoms with E-state index in [4.69, 9.17) is 9.84 Å². The van der Waals surface area contributed by atoms with Gasteiger partial charge in [-0.2, -0.15) is 0 Å². The van der Waals surface area contributed by atoms with Crippen molar-refractivity contribution in [1.29, 1.82) is 0 Å². The second-order valence-electron chi connectivity index (χ2n) is 6.08. The molecule has 6 nitrogen and oxygen atoms in total. The van der Waals surface area contributed by atoms with E-state index >= 15 is 0 Å². The van der Waals surface area contributed by atoms with Crippen LogP contribution in [-0.4, -0.2) is 46.6 Å². The van der Waals surface area contributed by atoms with Crippen molar-refractivity contribution in [2.45, 2.75) is 25.3 Å². The number of methoxy groups -OCH3 is 1. The number of hydrogen-bond donors (Lipinski definition) is 1. The lowest BCUT2D eigenvalue weighted by Crippen LogP contribution is -2.36. The van der Waals surface area contributed by atoms with Gasteiger partial charge in [0, 0.05) is 30.5 Å². The minimum Gasteiger partial charge on any atom is -0.497 e. The molecule has 1 N–H and O–H groups in total. The van der Waals surface area contributed by atoms with E-state index in [-0.39, 0.29) is 18.4 Å². The number of rotatable bonds is 5. The molecule has 3 rings (SSSR count). The predicted molar refractivity (Wildman–Crippen MR) is 92.5 cm³/mol. The molecule has 2 heterocycles. The van der Waals surface area contributed by atoms with Crippen molar-refractivity contribution < 1.29 is 19.4 Å². The van der Waals surface area contributed by atoms with E-state index in [1.54, 1.807) is 24.3 Å². The summed E-state index contributed by atoms with van der Waals surface area (Å²) < 4.78 is 5.15. The number of carbonyl (C=O) groups excluding carboxylic acids is 1. The van der Waals surface area contributed by atoms with Gasteiger partial charge in [-0.25, -0.2) is 0 Å². The Bertz CT molecular complexity index is 773. The standard InChI is InChI=1S/C19H20N2O4/c1-25-17-6-4-13(5-7-17)14-9-15(12-20-11-14)19(24)21-8-2-3-16(21)10-18(22)23/h4-7,9,11-12,16H,2-3,8,10H2,1H3,(H,22,23). The van der Waals surface area contributed by atoms with Crippen LogP contribution in [0, 0.1) is 0 Å². The zero-order chi connectivity index (χ0) is 17.8. The van der Waals surface area contributed by atoms with E-state index in [1.165, 1.54) is 6.20 Å². The van der Waals surface area contributed by atoms with Gasteiger partial charge >= 0.3 is 5.97 Å². The number of aromatic nitrogens is 1. The van der Waals surface area contributed by atoms with Gasteiger partial charge in [-0.3, -0.25) is 14.6 Å². The molecule has 1 atom stereocenters. The van der Waals surface area contributed by atoms with Crippen LogP contribution < -0.4 is 4.74 Å². The molecule has 6 heteroatoms. The Morgan fingerprint density at radius 3 is 2.68 bits per heavy atom. The highest BCUT2D eigenvalue weighted by molar-refractivity contribution is 5.95. The molecule has 1 aromatic heterocycles.